The topological polar surface area (TPSA) is 232 Å². The molecule has 0 saturated carbocycles. The Morgan fingerprint density at radius 3 is 0.483 bits per heavy atom. The number of hydrogen-bond donors (Lipinski definition) is 0. The van der Waals surface area contributed by atoms with Crippen LogP contribution in [-0.4, -0.2) is 125 Å². The van der Waals surface area contributed by atoms with E-state index in [1.54, 1.807) is 151 Å². The Kier molecular flexibility index (Phi) is 49.7. The number of rotatable bonds is 18. The summed E-state index contributed by atoms with van der Waals surface area (Å²) in [6.45, 7) is -6.03. The molecule has 6 aromatic carbocycles. The molecule has 3 radical (unpaired) electrons. The SMILES string of the molecule is CN(/N=C/c1ccccc1[O-])P(=S)(N(C)/N=C/c1ccccc1[O-])N(C)/N=C/c1ccccc1[O-].CN(/N=C/c1ccccc1[O-])P(=S)(N(C)/N=C/c1ccccc1[O-])N(C)/N=C/c1ccccc1[O-].ClC(Cl)Cl.ClC(Cl)Cl.ClC(Cl)Cl.ClC(Cl)Cl.[Mn+2].[Mn+2].[Mn+2]. The van der Waals surface area contributed by atoms with E-state index >= 15 is 0 Å². The number of benzene rings is 6. The van der Waals surface area contributed by atoms with Crippen molar-refractivity contribution in [3.63, 3.8) is 0 Å². The van der Waals surface area contributed by atoms with Crippen LogP contribution in [0.1, 0.15) is 33.4 Å². The number of para-hydroxylation sites is 6. The van der Waals surface area contributed by atoms with Crippen LogP contribution in [-0.2, 0) is 74.8 Å². The van der Waals surface area contributed by atoms with Gasteiger partial charge in [0, 0.05) is 42.3 Å². The fraction of sp³-hybridized carbons (Fsp3) is 0.192. The summed E-state index contributed by atoms with van der Waals surface area (Å²) >= 11 is 69.7. The number of hydrogen-bond acceptors (Lipinski definition) is 14. The van der Waals surface area contributed by atoms with E-state index in [1.807, 2.05) is 0 Å². The largest absolute Gasteiger partial charge is 2.00 e. The molecule has 0 aromatic heterocycles. The van der Waals surface area contributed by atoms with Crippen LogP contribution < -0.4 is 30.6 Å². The Morgan fingerprint density at radius 2 is 0.382 bits per heavy atom. The van der Waals surface area contributed by atoms with E-state index in [9.17, 15) is 30.6 Å². The van der Waals surface area contributed by atoms with E-state index in [1.165, 1.54) is 102 Å². The molecule has 18 nitrogen and oxygen atoms in total. The zero-order valence-corrected chi connectivity index (χ0v) is 62.9. The van der Waals surface area contributed by atoms with Crippen molar-refractivity contribution >= 4 is 213 Å². The summed E-state index contributed by atoms with van der Waals surface area (Å²) in [4.78, 5) is 0. The van der Waals surface area contributed by atoms with Crippen LogP contribution in [0.25, 0.3) is 0 Å². The Balaban J connectivity index is -0.00000130. The summed E-state index contributed by atoms with van der Waals surface area (Å²) < 4.78 is 6.06. The summed E-state index contributed by atoms with van der Waals surface area (Å²) in [5, 5.41) is 98.9. The van der Waals surface area contributed by atoms with Gasteiger partial charge >= 0.3 is 51.2 Å². The Labute approximate surface area is 620 Å². The molecule has 0 saturated heterocycles. The summed E-state index contributed by atoms with van der Waals surface area (Å²) in [6.07, 6.45) is 8.57. The molecule has 0 fully saturated rings. The number of halogens is 12. The molecule has 0 aliphatic rings. The van der Waals surface area contributed by atoms with Gasteiger partial charge in [0.05, 0.1) is 37.3 Å². The number of hydrazone groups is 6. The molecule has 0 aliphatic carbocycles. The van der Waals surface area contributed by atoms with E-state index in [0.29, 0.717) is 33.4 Å². The van der Waals surface area contributed by atoms with Crippen LogP contribution in [0.3, 0.4) is 0 Å². The summed E-state index contributed by atoms with van der Waals surface area (Å²) in [5.74, 6) is -1.03. The molecule has 6 rings (SSSR count). The quantitative estimate of drug-likeness (QED) is 0.0256. The third kappa shape index (κ3) is 35.4. The van der Waals surface area contributed by atoms with Gasteiger partial charge in [0.1, 0.15) is 0 Å². The predicted molar refractivity (Wildman–Crippen MR) is 361 cm³/mol. The van der Waals surface area contributed by atoms with Crippen molar-refractivity contribution in [1.82, 2.24) is 28.7 Å². The van der Waals surface area contributed by atoms with Gasteiger partial charge in [-0.05, 0) is 57.0 Å². The van der Waals surface area contributed by atoms with Crippen LogP contribution >= 0.6 is 152 Å². The van der Waals surface area contributed by atoms with E-state index in [4.69, 9.17) is 163 Å². The van der Waals surface area contributed by atoms with Crippen molar-refractivity contribution in [2.75, 3.05) is 42.3 Å². The predicted octanol–water partition coefficient (Wildman–Crippen LogP) is 12.6. The van der Waals surface area contributed by atoms with Crippen LogP contribution in [0.5, 0.6) is 34.5 Å². The smallest absolute Gasteiger partial charge is 0.872 e. The molecule has 0 bridgehead atoms. The minimum atomic E-state index is -3.02. The van der Waals surface area contributed by atoms with Gasteiger partial charge in [-0.2, -0.15) is 30.6 Å². The second-order valence-corrected chi connectivity index (χ2v) is 32.0. The fourth-order valence-corrected chi connectivity index (χ4v) is 10.0. The van der Waals surface area contributed by atoms with Crippen LogP contribution in [0, 0.1) is 0 Å². The van der Waals surface area contributed by atoms with E-state index in [-0.39, 0.29) is 85.7 Å². The van der Waals surface area contributed by atoms with Gasteiger partial charge in [-0.25, -0.2) is 28.7 Å². The molecule has 0 unspecified atom stereocenters. The first-order chi connectivity index (χ1) is 40.4. The second kappa shape index (κ2) is 48.9. The van der Waals surface area contributed by atoms with Crippen molar-refractivity contribution in [2.24, 2.45) is 30.6 Å². The van der Waals surface area contributed by atoms with E-state index in [2.05, 4.69) is 30.6 Å². The van der Waals surface area contributed by atoms with Gasteiger partial charge < -0.3 is 30.6 Å². The number of nitrogens with zero attached hydrogens (tertiary/aromatic N) is 12. The molecule has 0 atom stereocenters. The Hall–Kier alpha value is -2.72. The zero-order valence-electron chi connectivity index (χ0n) is 46.8. The first-order valence-electron chi connectivity index (χ1n) is 23.5. The molecule has 0 N–H and O–H groups in total. The monoisotopic (exact) mass is 1650 g/mol. The molecule has 6 aromatic rings. The molecule has 0 amide bonds. The van der Waals surface area contributed by atoms with Gasteiger partial charge in [0.2, 0.25) is 0 Å². The summed E-state index contributed by atoms with van der Waals surface area (Å²) in [6, 6.07) is 39.0. The van der Waals surface area contributed by atoms with Crippen molar-refractivity contribution in [2.45, 2.75) is 17.2 Å². The van der Waals surface area contributed by atoms with Gasteiger partial charge in [-0.1, -0.05) is 319 Å². The van der Waals surface area contributed by atoms with Crippen molar-refractivity contribution in [3.8, 4) is 34.5 Å². The Bertz CT molecular complexity index is 2730. The average Bonchev–Trinajstić information content (AvgIpc) is 2.68. The van der Waals surface area contributed by atoms with Gasteiger partial charge in [0.15, 0.2) is 17.2 Å². The molecule has 0 spiro atoms. The molecular weight excluding hydrogens is 1600 g/mol. The first-order valence-corrected chi connectivity index (χ1v) is 34.1. The minimum absolute atomic E-state index is 0. The van der Waals surface area contributed by atoms with Crippen molar-refractivity contribution in [3.05, 3.63) is 179 Å². The van der Waals surface area contributed by atoms with Crippen LogP contribution in [0.15, 0.2) is 176 Å². The maximum absolute atomic E-state index is 12.1. The van der Waals surface area contributed by atoms with Gasteiger partial charge in [-0.15, -0.1) is 0 Å². The molecular formula is C52H52Cl12Mn3N12O6P2S2. The average molecular weight is 1660 g/mol. The van der Waals surface area contributed by atoms with E-state index in [0.717, 1.165) is 0 Å². The van der Waals surface area contributed by atoms with Crippen LogP contribution in [0.2, 0.25) is 0 Å². The standard InChI is InChI=1S/2C24H27N6O3PS.4CHCl3.3Mn/c2*1-28(25-16-19-10-4-7-13-22(19)31)34(35,29(2)26-17-20-11-5-8-14-23(20)32)30(3)27-18-21-12-6-9-15-24(21)33;4*2-1(3)4;;;/h2*4-18,31-33H,1-3H3;4*1H;;;/q;;;;;;3*+2/p-6/b2*25-16+,26-17+,27-18+;;;;;;;. The third-order valence-electron chi connectivity index (χ3n) is 9.96. The molecule has 483 valence electrons. The van der Waals surface area contributed by atoms with Crippen molar-refractivity contribution < 1.29 is 81.8 Å². The summed E-state index contributed by atoms with van der Waals surface area (Å²) in [7, 11) is 9.95. The Morgan fingerprint density at radius 1 is 0.281 bits per heavy atom. The molecule has 37 heteroatoms. The second-order valence-electron chi connectivity index (χ2n) is 15.6. The summed E-state index contributed by atoms with van der Waals surface area (Å²) in [5.41, 5.74) is 2.41. The van der Waals surface area contributed by atoms with E-state index < -0.39 is 30.2 Å². The minimum Gasteiger partial charge on any atom is -0.872 e. The maximum Gasteiger partial charge on any atom is 2.00 e. The molecule has 0 aliphatic heterocycles. The fourth-order valence-electron chi connectivity index (χ4n) is 5.93. The van der Waals surface area contributed by atoms with Gasteiger partial charge in [0.25, 0.3) is 13.0 Å². The molecule has 89 heavy (non-hydrogen) atoms. The molecule has 0 heterocycles. The maximum atomic E-state index is 12.1. The van der Waals surface area contributed by atoms with Gasteiger partial charge in [-0.3, -0.25) is 0 Å². The van der Waals surface area contributed by atoms with Crippen molar-refractivity contribution in [1.29, 1.82) is 0 Å². The zero-order chi connectivity index (χ0) is 65.2. The third-order valence-corrected chi connectivity index (χ3v) is 19.4. The number of alkyl halides is 12. The normalized spacial score (nSPS) is 11.0. The first kappa shape index (κ1) is 90.5. The van der Waals surface area contributed by atoms with Crippen LogP contribution in [0.4, 0.5) is 0 Å².